The van der Waals surface area contributed by atoms with Crippen LogP contribution in [-0.4, -0.2) is 11.1 Å². The molecule has 2 aromatic rings. The lowest BCUT2D eigenvalue weighted by atomic mass is 10.1. The van der Waals surface area contributed by atoms with Crippen LogP contribution in [-0.2, 0) is 6.54 Å². The van der Waals surface area contributed by atoms with Crippen LogP contribution in [0.4, 0.5) is 5.69 Å². The van der Waals surface area contributed by atoms with Gasteiger partial charge in [0.15, 0.2) is 0 Å². The largest absolute Gasteiger partial charge is 0.478 e. The van der Waals surface area contributed by atoms with Crippen molar-refractivity contribution in [2.75, 3.05) is 5.32 Å². The molecule has 0 unspecified atom stereocenters. The molecule has 4 heteroatoms. The molecule has 0 saturated carbocycles. The minimum atomic E-state index is -0.903. The fourth-order valence-corrected chi connectivity index (χ4v) is 2.58. The molecule has 0 amide bonds. The van der Waals surface area contributed by atoms with E-state index in [9.17, 15) is 4.79 Å². The van der Waals surface area contributed by atoms with Gasteiger partial charge in [-0.2, -0.15) is 0 Å². The number of carbonyl (C=O) groups is 1. The summed E-state index contributed by atoms with van der Waals surface area (Å²) in [6.45, 7) is 4.66. The van der Waals surface area contributed by atoms with Crippen LogP contribution >= 0.6 is 11.3 Å². The van der Waals surface area contributed by atoms with Crippen LogP contribution in [0.1, 0.15) is 25.7 Å². The molecule has 2 N–H and O–H groups in total. The molecule has 18 heavy (non-hydrogen) atoms. The summed E-state index contributed by atoms with van der Waals surface area (Å²) in [6.07, 6.45) is 0. The molecule has 1 aromatic carbocycles. The van der Waals surface area contributed by atoms with Crippen LogP contribution < -0.4 is 5.32 Å². The third kappa shape index (κ3) is 2.90. The zero-order chi connectivity index (χ0) is 13.1. The van der Waals surface area contributed by atoms with E-state index in [1.807, 2.05) is 19.1 Å². The predicted molar refractivity (Wildman–Crippen MR) is 74.5 cm³/mol. The molecular weight excluding hydrogens is 246 g/mol. The Morgan fingerprint density at radius 3 is 2.67 bits per heavy atom. The Kier molecular flexibility index (Phi) is 3.67. The Morgan fingerprint density at radius 1 is 1.28 bits per heavy atom. The van der Waals surface area contributed by atoms with Crippen molar-refractivity contribution in [2.45, 2.75) is 20.4 Å². The highest BCUT2D eigenvalue weighted by atomic mass is 32.1. The van der Waals surface area contributed by atoms with Gasteiger partial charge in [-0.15, -0.1) is 11.3 Å². The first kappa shape index (κ1) is 12.6. The topological polar surface area (TPSA) is 49.3 Å². The zero-order valence-electron chi connectivity index (χ0n) is 10.4. The fourth-order valence-electron chi connectivity index (χ4n) is 1.75. The predicted octanol–water partition coefficient (Wildman–Crippen LogP) is 3.68. The van der Waals surface area contributed by atoms with Gasteiger partial charge in [0, 0.05) is 22.0 Å². The number of nitrogens with one attached hydrogen (secondary N) is 1. The molecule has 1 aromatic heterocycles. The number of thiophene rings is 1. The maximum atomic E-state index is 11.1. The SMILES string of the molecule is Cc1ccc(C(=O)O)c(NCc2ccc(C)s2)c1. The van der Waals surface area contributed by atoms with Crippen LogP contribution in [0.25, 0.3) is 0 Å². The lowest BCUT2D eigenvalue weighted by molar-refractivity contribution is 0.0698. The van der Waals surface area contributed by atoms with Crippen LogP contribution in [0.3, 0.4) is 0 Å². The van der Waals surface area contributed by atoms with Gasteiger partial charge >= 0.3 is 5.97 Å². The number of rotatable bonds is 4. The number of anilines is 1. The van der Waals surface area contributed by atoms with Crippen molar-refractivity contribution in [3.05, 3.63) is 51.2 Å². The lowest BCUT2D eigenvalue weighted by Gasteiger charge is -2.09. The van der Waals surface area contributed by atoms with Gasteiger partial charge in [-0.3, -0.25) is 0 Å². The summed E-state index contributed by atoms with van der Waals surface area (Å²) < 4.78 is 0. The maximum absolute atomic E-state index is 11.1. The van der Waals surface area contributed by atoms with Crippen molar-refractivity contribution in [1.29, 1.82) is 0 Å². The quantitative estimate of drug-likeness (QED) is 0.882. The van der Waals surface area contributed by atoms with Crippen molar-refractivity contribution in [3.63, 3.8) is 0 Å². The van der Waals surface area contributed by atoms with Crippen molar-refractivity contribution in [3.8, 4) is 0 Å². The van der Waals surface area contributed by atoms with E-state index in [1.165, 1.54) is 9.75 Å². The molecule has 0 spiro atoms. The number of carboxylic acid groups (broad SMARTS) is 1. The van der Waals surface area contributed by atoms with Gasteiger partial charge < -0.3 is 10.4 Å². The number of aryl methyl sites for hydroxylation is 2. The molecule has 0 atom stereocenters. The fraction of sp³-hybridized carbons (Fsp3) is 0.214. The van der Waals surface area contributed by atoms with E-state index in [1.54, 1.807) is 17.4 Å². The van der Waals surface area contributed by atoms with Gasteiger partial charge in [0.1, 0.15) is 0 Å². The molecule has 1 heterocycles. The second-order valence-corrected chi connectivity index (χ2v) is 5.59. The third-order valence-corrected chi connectivity index (χ3v) is 3.66. The molecule has 0 aliphatic carbocycles. The third-order valence-electron chi connectivity index (χ3n) is 2.65. The monoisotopic (exact) mass is 261 g/mol. The highest BCUT2D eigenvalue weighted by Crippen LogP contribution is 2.21. The van der Waals surface area contributed by atoms with Gasteiger partial charge in [0.2, 0.25) is 0 Å². The van der Waals surface area contributed by atoms with Gasteiger partial charge in [0.05, 0.1) is 5.56 Å². The average molecular weight is 261 g/mol. The van der Waals surface area contributed by atoms with Crippen LogP contribution in [0.15, 0.2) is 30.3 Å². The minimum Gasteiger partial charge on any atom is -0.478 e. The smallest absolute Gasteiger partial charge is 0.337 e. The zero-order valence-corrected chi connectivity index (χ0v) is 11.2. The van der Waals surface area contributed by atoms with E-state index < -0.39 is 5.97 Å². The number of aromatic carboxylic acids is 1. The Morgan fingerprint density at radius 2 is 2.06 bits per heavy atom. The first-order valence-electron chi connectivity index (χ1n) is 5.69. The second-order valence-electron chi connectivity index (χ2n) is 4.22. The number of hydrogen-bond donors (Lipinski definition) is 2. The Balaban J connectivity index is 2.17. The molecule has 3 nitrogen and oxygen atoms in total. The summed E-state index contributed by atoms with van der Waals surface area (Å²) in [5.41, 5.74) is 2.03. The van der Waals surface area contributed by atoms with Crippen molar-refractivity contribution >= 4 is 23.0 Å². The average Bonchev–Trinajstić information content (AvgIpc) is 2.72. The van der Waals surface area contributed by atoms with Gasteiger partial charge in [-0.1, -0.05) is 6.07 Å². The van der Waals surface area contributed by atoms with E-state index in [-0.39, 0.29) is 0 Å². The summed E-state index contributed by atoms with van der Waals surface area (Å²) in [5.74, 6) is -0.903. The summed E-state index contributed by atoms with van der Waals surface area (Å²) in [7, 11) is 0. The summed E-state index contributed by atoms with van der Waals surface area (Å²) in [5, 5.41) is 12.3. The number of benzene rings is 1. The molecule has 0 aliphatic rings. The van der Waals surface area contributed by atoms with Gasteiger partial charge in [-0.05, 0) is 43.7 Å². The molecule has 0 radical (unpaired) electrons. The van der Waals surface area contributed by atoms with E-state index in [0.717, 1.165) is 5.56 Å². The normalized spacial score (nSPS) is 10.3. The van der Waals surface area contributed by atoms with E-state index in [2.05, 4.69) is 24.4 Å². The van der Waals surface area contributed by atoms with Crippen molar-refractivity contribution < 1.29 is 9.90 Å². The van der Waals surface area contributed by atoms with Gasteiger partial charge in [0.25, 0.3) is 0 Å². The molecule has 0 bridgehead atoms. The van der Waals surface area contributed by atoms with Crippen LogP contribution in [0, 0.1) is 13.8 Å². The Hall–Kier alpha value is -1.81. The standard InChI is InChI=1S/C14H15NO2S/c1-9-3-6-12(14(16)17)13(7-9)15-8-11-5-4-10(2)18-11/h3-7,15H,8H2,1-2H3,(H,16,17). The highest BCUT2D eigenvalue weighted by molar-refractivity contribution is 7.11. The highest BCUT2D eigenvalue weighted by Gasteiger charge is 2.09. The molecular formula is C14H15NO2S. The minimum absolute atomic E-state index is 0.314. The second kappa shape index (κ2) is 5.23. The van der Waals surface area contributed by atoms with E-state index >= 15 is 0 Å². The van der Waals surface area contributed by atoms with Crippen molar-refractivity contribution in [2.24, 2.45) is 0 Å². The first-order valence-corrected chi connectivity index (χ1v) is 6.51. The van der Waals surface area contributed by atoms with E-state index in [0.29, 0.717) is 17.8 Å². The molecule has 94 valence electrons. The molecule has 0 aliphatic heterocycles. The number of hydrogen-bond acceptors (Lipinski definition) is 3. The first-order chi connectivity index (χ1) is 8.56. The lowest BCUT2D eigenvalue weighted by Crippen LogP contribution is -2.06. The van der Waals surface area contributed by atoms with Gasteiger partial charge in [-0.25, -0.2) is 4.79 Å². The summed E-state index contributed by atoms with van der Waals surface area (Å²) >= 11 is 1.72. The van der Waals surface area contributed by atoms with Crippen molar-refractivity contribution in [1.82, 2.24) is 0 Å². The Labute approximate surface area is 110 Å². The molecule has 2 rings (SSSR count). The Bertz CT molecular complexity index is 575. The van der Waals surface area contributed by atoms with Crippen LogP contribution in [0.5, 0.6) is 0 Å². The van der Waals surface area contributed by atoms with Crippen LogP contribution in [0.2, 0.25) is 0 Å². The molecule has 0 saturated heterocycles. The summed E-state index contributed by atoms with van der Waals surface area (Å²) in [6, 6.07) is 9.44. The van der Waals surface area contributed by atoms with E-state index in [4.69, 9.17) is 5.11 Å². The maximum Gasteiger partial charge on any atom is 0.337 e. The molecule has 0 fully saturated rings. The summed E-state index contributed by atoms with van der Waals surface area (Å²) in [4.78, 5) is 13.6. The number of carboxylic acids is 1.